The molecule has 2 atom stereocenters. The molecule has 1 aromatic heterocycles. The topological polar surface area (TPSA) is 66.9 Å². The van der Waals surface area contributed by atoms with E-state index in [0.29, 0.717) is 16.8 Å². The molecule has 0 aliphatic heterocycles. The second-order valence-corrected chi connectivity index (χ2v) is 6.55. The van der Waals surface area contributed by atoms with Gasteiger partial charge in [-0.05, 0) is 31.9 Å². The molecule has 0 saturated heterocycles. The fourth-order valence-corrected chi connectivity index (χ4v) is 3.39. The maximum absolute atomic E-state index is 12.3. The molecule has 0 radical (unpaired) electrons. The van der Waals surface area contributed by atoms with Crippen LogP contribution in [-0.4, -0.2) is 40.0 Å². The minimum absolute atomic E-state index is 0.116. The van der Waals surface area contributed by atoms with Crippen LogP contribution in [0.5, 0.6) is 0 Å². The van der Waals surface area contributed by atoms with Crippen molar-refractivity contribution >= 4 is 23.5 Å². The Labute approximate surface area is 130 Å². The molecular formula is C15H24N4OS. The van der Waals surface area contributed by atoms with Crippen molar-refractivity contribution < 1.29 is 4.79 Å². The molecule has 5 nitrogen and oxygen atoms in total. The first-order valence-corrected chi connectivity index (χ1v) is 8.91. The van der Waals surface area contributed by atoms with Gasteiger partial charge in [0.05, 0.1) is 12.4 Å². The van der Waals surface area contributed by atoms with Crippen molar-refractivity contribution in [3.8, 4) is 0 Å². The average molecular weight is 308 g/mol. The van der Waals surface area contributed by atoms with Crippen molar-refractivity contribution in [3.63, 3.8) is 0 Å². The molecule has 1 amide bonds. The fourth-order valence-electron chi connectivity index (χ4n) is 2.56. The van der Waals surface area contributed by atoms with Gasteiger partial charge in [0, 0.05) is 17.8 Å². The third kappa shape index (κ3) is 4.88. The predicted molar refractivity (Wildman–Crippen MR) is 87.8 cm³/mol. The number of hydrogen-bond acceptors (Lipinski definition) is 5. The van der Waals surface area contributed by atoms with E-state index in [1.807, 2.05) is 11.8 Å². The van der Waals surface area contributed by atoms with E-state index >= 15 is 0 Å². The molecular weight excluding hydrogens is 284 g/mol. The second-order valence-electron chi connectivity index (χ2n) is 5.41. The van der Waals surface area contributed by atoms with Crippen LogP contribution in [0.3, 0.4) is 0 Å². The molecule has 1 aliphatic rings. The van der Waals surface area contributed by atoms with Gasteiger partial charge in [-0.15, -0.1) is 0 Å². The number of anilines is 1. The van der Waals surface area contributed by atoms with E-state index in [1.54, 1.807) is 6.20 Å². The van der Waals surface area contributed by atoms with Gasteiger partial charge in [-0.2, -0.15) is 11.8 Å². The van der Waals surface area contributed by atoms with Crippen molar-refractivity contribution in [2.75, 3.05) is 18.1 Å². The quantitative estimate of drug-likeness (QED) is 0.846. The van der Waals surface area contributed by atoms with Crippen molar-refractivity contribution in [1.29, 1.82) is 0 Å². The molecule has 2 rings (SSSR count). The van der Waals surface area contributed by atoms with Gasteiger partial charge < -0.3 is 10.6 Å². The maximum Gasteiger partial charge on any atom is 0.271 e. The lowest BCUT2D eigenvalue weighted by Crippen LogP contribution is -2.39. The molecule has 116 valence electrons. The first-order valence-electron chi connectivity index (χ1n) is 7.62. The summed E-state index contributed by atoms with van der Waals surface area (Å²) in [5.74, 6) is 0.546. The summed E-state index contributed by atoms with van der Waals surface area (Å²) in [6.07, 6.45) is 10.9. The van der Waals surface area contributed by atoms with Crippen LogP contribution in [0.15, 0.2) is 12.4 Å². The summed E-state index contributed by atoms with van der Waals surface area (Å²) in [5.41, 5.74) is 0.391. The minimum Gasteiger partial charge on any atom is -0.369 e. The number of amides is 1. The van der Waals surface area contributed by atoms with Crippen LogP contribution in [0, 0.1) is 0 Å². The summed E-state index contributed by atoms with van der Waals surface area (Å²) < 4.78 is 0. The summed E-state index contributed by atoms with van der Waals surface area (Å²) >= 11 is 1.89. The standard InChI is InChI=1S/C15H24N4OS/c1-3-7-17-14-10-16-9-13(19-14)15(20)18-11-5-4-6-12(8-11)21-2/h9-12H,3-8H2,1-2H3,(H,17,19)(H,18,20). The van der Waals surface area contributed by atoms with E-state index < -0.39 is 0 Å². The third-order valence-corrected chi connectivity index (χ3v) is 4.81. The van der Waals surface area contributed by atoms with Crippen LogP contribution < -0.4 is 10.6 Å². The number of carbonyl (C=O) groups is 1. The molecule has 21 heavy (non-hydrogen) atoms. The Kier molecular flexibility index (Phi) is 6.29. The first kappa shape index (κ1) is 16.1. The molecule has 1 heterocycles. The number of hydrogen-bond donors (Lipinski definition) is 2. The van der Waals surface area contributed by atoms with Crippen LogP contribution in [0.2, 0.25) is 0 Å². The smallest absolute Gasteiger partial charge is 0.271 e. The molecule has 0 spiro atoms. The summed E-state index contributed by atoms with van der Waals surface area (Å²) in [6, 6.07) is 0.262. The summed E-state index contributed by atoms with van der Waals surface area (Å²) in [6.45, 7) is 2.92. The molecule has 1 aromatic rings. The SMILES string of the molecule is CCCNc1cncc(C(=O)NC2CCCC(SC)C2)n1. The molecule has 1 fully saturated rings. The molecule has 1 saturated carbocycles. The molecule has 6 heteroatoms. The normalized spacial score (nSPS) is 21.8. The number of thioether (sulfide) groups is 1. The van der Waals surface area contributed by atoms with Gasteiger partial charge in [0.2, 0.25) is 0 Å². The van der Waals surface area contributed by atoms with Gasteiger partial charge in [-0.25, -0.2) is 4.98 Å². The van der Waals surface area contributed by atoms with Gasteiger partial charge >= 0.3 is 0 Å². The highest BCUT2D eigenvalue weighted by atomic mass is 32.2. The number of nitrogens with zero attached hydrogens (tertiary/aromatic N) is 2. The van der Waals surface area contributed by atoms with Gasteiger partial charge in [0.15, 0.2) is 0 Å². The van der Waals surface area contributed by atoms with E-state index in [1.165, 1.54) is 19.0 Å². The highest BCUT2D eigenvalue weighted by Crippen LogP contribution is 2.26. The molecule has 0 bridgehead atoms. The lowest BCUT2D eigenvalue weighted by atomic mass is 9.95. The highest BCUT2D eigenvalue weighted by molar-refractivity contribution is 7.99. The average Bonchev–Trinajstić information content (AvgIpc) is 2.53. The Morgan fingerprint density at radius 3 is 3.05 bits per heavy atom. The highest BCUT2D eigenvalue weighted by Gasteiger charge is 2.23. The number of carbonyl (C=O) groups excluding carboxylic acids is 1. The van der Waals surface area contributed by atoms with Crippen molar-refractivity contribution in [3.05, 3.63) is 18.1 Å². The summed E-state index contributed by atoms with van der Waals surface area (Å²) in [7, 11) is 0. The van der Waals surface area contributed by atoms with E-state index in [9.17, 15) is 4.79 Å². The van der Waals surface area contributed by atoms with Gasteiger partial charge in [-0.1, -0.05) is 13.3 Å². The monoisotopic (exact) mass is 308 g/mol. The molecule has 2 unspecified atom stereocenters. The largest absolute Gasteiger partial charge is 0.369 e. The van der Waals surface area contributed by atoms with Crippen LogP contribution in [0.4, 0.5) is 5.82 Å². The predicted octanol–water partition coefficient (Wildman–Crippen LogP) is 2.70. The zero-order valence-electron chi connectivity index (χ0n) is 12.8. The van der Waals surface area contributed by atoms with Crippen LogP contribution in [0.25, 0.3) is 0 Å². The summed E-state index contributed by atoms with van der Waals surface area (Å²) in [5, 5.41) is 6.91. The molecule has 1 aliphatic carbocycles. The Hall–Kier alpha value is -1.30. The van der Waals surface area contributed by atoms with Crippen molar-refractivity contribution in [1.82, 2.24) is 15.3 Å². The lowest BCUT2D eigenvalue weighted by molar-refractivity contribution is 0.0923. The molecule has 2 N–H and O–H groups in total. The first-order chi connectivity index (χ1) is 10.2. The molecule has 0 aromatic carbocycles. The minimum atomic E-state index is -0.116. The maximum atomic E-state index is 12.3. The van der Waals surface area contributed by atoms with Gasteiger partial charge in [0.1, 0.15) is 11.5 Å². The van der Waals surface area contributed by atoms with E-state index in [-0.39, 0.29) is 11.9 Å². The lowest BCUT2D eigenvalue weighted by Gasteiger charge is -2.28. The van der Waals surface area contributed by atoms with Crippen LogP contribution >= 0.6 is 11.8 Å². The zero-order chi connectivity index (χ0) is 15.1. The van der Waals surface area contributed by atoms with E-state index in [2.05, 4.69) is 33.8 Å². The van der Waals surface area contributed by atoms with Gasteiger partial charge in [-0.3, -0.25) is 9.78 Å². The zero-order valence-corrected chi connectivity index (χ0v) is 13.6. The van der Waals surface area contributed by atoms with Crippen molar-refractivity contribution in [2.45, 2.75) is 50.3 Å². The Morgan fingerprint density at radius 1 is 1.43 bits per heavy atom. The van der Waals surface area contributed by atoms with Crippen LogP contribution in [0.1, 0.15) is 49.5 Å². The second kappa shape index (κ2) is 8.22. The fraction of sp³-hybridized carbons (Fsp3) is 0.667. The number of rotatable bonds is 6. The van der Waals surface area contributed by atoms with Crippen molar-refractivity contribution in [2.24, 2.45) is 0 Å². The third-order valence-electron chi connectivity index (χ3n) is 3.72. The Morgan fingerprint density at radius 2 is 2.29 bits per heavy atom. The summed E-state index contributed by atoms with van der Waals surface area (Å²) in [4.78, 5) is 20.7. The Bertz CT molecular complexity index is 469. The Balaban J connectivity index is 1.93. The number of aromatic nitrogens is 2. The van der Waals surface area contributed by atoms with E-state index in [4.69, 9.17) is 0 Å². The van der Waals surface area contributed by atoms with E-state index in [0.717, 1.165) is 25.8 Å². The van der Waals surface area contributed by atoms with Crippen LogP contribution in [-0.2, 0) is 0 Å². The van der Waals surface area contributed by atoms with Gasteiger partial charge in [0.25, 0.3) is 5.91 Å². The number of nitrogens with one attached hydrogen (secondary N) is 2.